The SMILES string of the molecule is CCN(Cc1ccccn1)C(=O)c1ccc(C#N)cc1. The molecular weight excluding hydrogens is 250 g/mol. The third-order valence-corrected chi connectivity index (χ3v) is 3.01. The highest BCUT2D eigenvalue weighted by Gasteiger charge is 2.14. The van der Waals surface area contributed by atoms with Gasteiger partial charge in [-0.05, 0) is 43.3 Å². The third-order valence-electron chi connectivity index (χ3n) is 3.01. The molecule has 0 spiro atoms. The molecule has 1 aromatic heterocycles. The Morgan fingerprint density at radius 2 is 2.00 bits per heavy atom. The summed E-state index contributed by atoms with van der Waals surface area (Å²) in [6, 6.07) is 14.4. The maximum absolute atomic E-state index is 12.4. The van der Waals surface area contributed by atoms with Gasteiger partial charge in [0.1, 0.15) is 0 Å². The van der Waals surface area contributed by atoms with Crippen LogP contribution in [0.2, 0.25) is 0 Å². The lowest BCUT2D eigenvalue weighted by atomic mass is 10.1. The van der Waals surface area contributed by atoms with Crippen LogP contribution in [0.4, 0.5) is 0 Å². The molecule has 0 bridgehead atoms. The second-order valence-corrected chi connectivity index (χ2v) is 4.33. The molecule has 100 valence electrons. The summed E-state index contributed by atoms with van der Waals surface area (Å²) in [7, 11) is 0. The lowest BCUT2D eigenvalue weighted by molar-refractivity contribution is 0.0750. The Labute approximate surface area is 118 Å². The van der Waals surface area contributed by atoms with Crippen LogP contribution < -0.4 is 0 Å². The first-order valence-electron chi connectivity index (χ1n) is 6.44. The molecule has 0 unspecified atom stereocenters. The highest BCUT2D eigenvalue weighted by Crippen LogP contribution is 2.10. The van der Waals surface area contributed by atoms with E-state index in [-0.39, 0.29) is 5.91 Å². The van der Waals surface area contributed by atoms with Crippen LogP contribution in [0.1, 0.15) is 28.5 Å². The van der Waals surface area contributed by atoms with Gasteiger partial charge in [-0.25, -0.2) is 0 Å². The van der Waals surface area contributed by atoms with Gasteiger partial charge in [-0.3, -0.25) is 9.78 Å². The van der Waals surface area contributed by atoms with Crippen molar-refractivity contribution in [3.63, 3.8) is 0 Å². The molecule has 20 heavy (non-hydrogen) atoms. The first-order valence-corrected chi connectivity index (χ1v) is 6.44. The Kier molecular flexibility index (Phi) is 4.46. The highest BCUT2D eigenvalue weighted by atomic mass is 16.2. The van der Waals surface area contributed by atoms with Gasteiger partial charge in [-0.15, -0.1) is 0 Å². The predicted molar refractivity (Wildman–Crippen MR) is 75.8 cm³/mol. The van der Waals surface area contributed by atoms with E-state index in [1.807, 2.05) is 31.2 Å². The number of carbonyl (C=O) groups excluding carboxylic acids is 1. The molecule has 2 aromatic rings. The minimum absolute atomic E-state index is 0.0531. The van der Waals surface area contributed by atoms with Crippen LogP contribution in [0.25, 0.3) is 0 Å². The Bertz CT molecular complexity index is 614. The van der Waals surface area contributed by atoms with Crippen molar-refractivity contribution in [2.75, 3.05) is 6.54 Å². The average Bonchev–Trinajstić information content (AvgIpc) is 2.53. The summed E-state index contributed by atoms with van der Waals surface area (Å²) in [6.07, 6.45) is 1.72. The van der Waals surface area contributed by atoms with E-state index in [0.29, 0.717) is 24.2 Å². The molecule has 0 aliphatic rings. The standard InChI is InChI=1S/C16H15N3O/c1-2-19(12-15-5-3-4-10-18-15)16(20)14-8-6-13(11-17)7-9-14/h3-10H,2,12H2,1H3. The van der Waals surface area contributed by atoms with Crippen LogP contribution in [-0.2, 0) is 6.54 Å². The van der Waals surface area contributed by atoms with Crippen LogP contribution in [-0.4, -0.2) is 22.3 Å². The number of aromatic nitrogens is 1. The van der Waals surface area contributed by atoms with E-state index in [9.17, 15) is 4.79 Å². The number of carbonyl (C=O) groups is 1. The molecule has 2 rings (SSSR count). The smallest absolute Gasteiger partial charge is 0.254 e. The largest absolute Gasteiger partial charge is 0.333 e. The summed E-state index contributed by atoms with van der Waals surface area (Å²) in [5, 5.41) is 8.76. The molecule has 0 aliphatic carbocycles. The molecule has 1 aromatic carbocycles. The van der Waals surface area contributed by atoms with Crippen molar-refractivity contribution < 1.29 is 4.79 Å². The molecule has 0 atom stereocenters. The summed E-state index contributed by atoms with van der Waals surface area (Å²) in [5.41, 5.74) is 1.99. The molecule has 1 amide bonds. The van der Waals surface area contributed by atoms with Crippen LogP contribution in [0.3, 0.4) is 0 Å². The number of hydrogen-bond donors (Lipinski definition) is 0. The topological polar surface area (TPSA) is 57.0 Å². The van der Waals surface area contributed by atoms with Crippen molar-refractivity contribution in [2.24, 2.45) is 0 Å². The first-order chi connectivity index (χ1) is 9.74. The summed E-state index contributed by atoms with van der Waals surface area (Å²) in [4.78, 5) is 18.4. The summed E-state index contributed by atoms with van der Waals surface area (Å²) in [5.74, 6) is -0.0531. The van der Waals surface area contributed by atoms with Crippen molar-refractivity contribution in [3.8, 4) is 6.07 Å². The Morgan fingerprint density at radius 3 is 2.55 bits per heavy atom. The third kappa shape index (κ3) is 3.21. The summed E-state index contributed by atoms with van der Waals surface area (Å²) >= 11 is 0. The van der Waals surface area contributed by atoms with Gasteiger partial charge in [0.15, 0.2) is 0 Å². The molecule has 0 radical (unpaired) electrons. The van der Waals surface area contributed by atoms with Crippen LogP contribution in [0, 0.1) is 11.3 Å². The van der Waals surface area contributed by atoms with Gasteiger partial charge >= 0.3 is 0 Å². The van der Waals surface area contributed by atoms with Gasteiger partial charge < -0.3 is 4.90 Å². The fourth-order valence-electron chi connectivity index (χ4n) is 1.88. The maximum Gasteiger partial charge on any atom is 0.254 e. The second kappa shape index (κ2) is 6.48. The molecule has 1 heterocycles. The lowest BCUT2D eigenvalue weighted by Crippen LogP contribution is -2.30. The zero-order chi connectivity index (χ0) is 14.4. The minimum Gasteiger partial charge on any atom is -0.333 e. The predicted octanol–water partition coefficient (Wildman–Crippen LogP) is 2.62. The number of rotatable bonds is 4. The molecule has 0 N–H and O–H groups in total. The fourth-order valence-corrected chi connectivity index (χ4v) is 1.88. The van der Waals surface area contributed by atoms with Gasteiger partial charge in [-0.1, -0.05) is 6.07 Å². The minimum atomic E-state index is -0.0531. The van der Waals surface area contributed by atoms with Crippen LogP contribution in [0.15, 0.2) is 48.7 Å². The van der Waals surface area contributed by atoms with Crippen molar-refractivity contribution in [3.05, 3.63) is 65.5 Å². The zero-order valence-electron chi connectivity index (χ0n) is 11.3. The van der Waals surface area contributed by atoms with Gasteiger partial charge in [0, 0.05) is 18.3 Å². The van der Waals surface area contributed by atoms with E-state index < -0.39 is 0 Å². The monoisotopic (exact) mass is 265 g/mol. The number of nitrogens with zero attached hydrogens (tertiary/aromatic N) is 3. The van der Waals surface area contributed by atoms with Crippen molar-refractivity contribution >= 4 is 5.91 Å². The zero-order valence-corrected chi connectivity index (χ0v) is 11.3. The Morgan fingerprint density at radius 1 is 1.25 bits per heavy atom. The number of pyridine rings is 1. The molecule has 0 aliphatic heterocycles. The number of amides is 1. The van der Waals surface area contributed by atoms with Gasteiger partial charge in [0.25, 0.3) is 5.91 Å². The van der Waals surface area contributed by atoms with Crippen molar-refractivity contribution in [1.82, 2.24) is 9.88 Å². The Balaban J connectivity index is 2.14. The summed E-state index contributed by atoms with van der Waals surface area (Å²) < 4.78 is 0. The van der Waals surface area contributed by atoms with Gasteiger partial charge in [-0.2, -0.15) is 5.26 Å². The normalized spacial score (nSPS) is 9.80. The van der Waals surface area contributed by atoms with Crippen molar-refractivity contribution in [1.29, 1.82) is 5.26 Å². The molecule has 0 saturated carbocycles. The number of nitriles is 1. The Hall–Kier alpha value is -2.67. The van der Waals surface area contributed by atoms with E-state index in [1.54, 1.807) is 35.4 Å². The van der Waals surface area contributed by atoms with E-state index in [4.69, 9.17) is 5.26 Å². The number of hydrogen-bond acceptors (Lipinski definition) is 3. The molecule has 4 heteroatoms. The van der Waals surface area contributed by atoms with Gasteiger partial charge in [0.2, 0.25) is 0 Å². The maximum atomic E-state index is 12.4. The van der Waals surface area contributed by atoms with E-state index in [2.05, 4.69) is 4.98 Å². The second-order valence-electron chi connectivity index (χ2n) is 4.33. The van der Waals surface area contributed by atoms with Crippen molar-refractivity contribution in [2.45, 2.75) is 13.5 Å². The molecule has 4 nitrogen and oxygen atoms in total. The summed E-state index contributed by atoms with van der Waals surface area (Å²) in [6.45, 7) is 3.02. The quantitative estimate of drug-likeness (QED) is 0.853. The molecule has 0 fully saturated rings. The highest BCUT2D eigenvalue weighted by molar-refractivity contribution is 5.94. The fraction of sp³-hybridized carbons (Fsp3) is 0.188. The van der Waals surface area contributed by atoms with Crippen LogP contribution in [0.5, 0.6) is 0 Å². The van der Waals surface area contributed by atoms with Gasteiger partial charge in [0.05, 0.1) is 23.9 Å². The molecular formula is C16H15N3O. The van der Waals surface area contributed by atoms with Crippen LogP contribution >= 0.6 is 0 Å². The molecule has 0 saturated heterocycles. The van der Waals surface area contributed by atoms with E-state index >= 15 is 0 Å². The first kappa shape index (κ1) is 13.8. The average molecular weight is 265 g/mol. The van der Waals surface area contributed by atoms with E-state index in [1.165, 1.54) is 0 Å². The lowest BCUT2D eigenvalue weighted by Gasteiger charge is -2.20. The van der Waals surface area contributed by atoms with E-state index in [0.717, 1.165) is 5.69 Å². The number of benzene rings is 1.